The molecule has 0 saturated carbocycles. The van der Waals surface area contributed by atoms with Crippen molar-refractivity contribution >= 4 is 15.7 Å². The van der Waals surface area contributed by atoms with E-state index >= 15 is 0 Å². The molecule has 3 aromatic carbocycles. The minimum Gasteiger partial charge on any atom is -0.419 e. The molecule has 4 aromatic rings. The van der Waals surface area contributed by atoms with Crippen molar-refractivity contribution in [1.29, 1.82) is 0 Å². The van der Waals surface area contributed by atoms with Crippen LogP contribution < -0.4 is 5.32 Å². The second-order valence-electron chi connectivity index (χ2n) is 7.17. The van der Waals surface area contributed by atoms with E-state index in [1.165, 1.54) is 0 Å². The fraction of sp³-hybridized carbons (Fsp3) is 0.125. The van der Waals surface area contributed by atoms with Gasteiger partial charge >= 0.3 is 0 Å². The number of sulfone groups is 1. The van der Waals surface area contributed by atoms with Crippen molar-refractivity contribution in [2.45, 2.75) is 30.3 Å². The summed E-state index contributed by atoms with van der Waals surface area (Å²) in [6.45, 7) is 4.42. The number of rotatable bonds is 6. The third-order valence-electron chi connectivity index (χ3n) is 4.78. The Balaban J connectivity index is 1.74. The first-order valence-corrected chi connectivity index (χ1v) is 11.1. The first-order valence-electron chi connectivity index (χ1n) is 9.61. The van der Waals surface area contributed by atoms with Crippen molar-refractivity contribution < 1.29 is 12.8 Å². The highest BCUT2D eigenvalue weighted by atomic mass is 32.2. The molecule has 30 heavy (non-hydrogen) atoms. The average Bonchev–Trinajstić information content (AvgIpc) is 3.20. The molecular formula is C24H22N2O3S. The largest absolute Gasteiger partial charge is 0.419 e. The van der Waals surface area contributed by atoms with E-state index in [4.69, 9.17) is 4.42 Å². The Morgan fingerprint density at radius 1 is 0.833 bits per heavy atom. The van der Waals surface area contributed by atoms with Gasteiger partial charge < -0.3 is 9.73 Å². The summed E-state index contributed by atoms with van der Waals surface area (Å²) in [4.78, 5) is 4.54. The second kappa shape index (κ2) is 8.16. The van der Waals surface area contributed by atoms with Gasteiger partial charge in [0.1, 0.15) is 0 Å². The molecule has 0 aliphatic carbocycles. The van der Waals surface area contributed by atoms with E-state index in [2.05, 4.69) is 10.3 Å². The fourth-order valence-corrected chi connectivity index (χ4v) is 4.32. The minimum absolute atomic E-state index is 0.114. The summed E-state index contributed by atoms with van der Waals surface area (Å²) in [5.74, 6) is 0.394. The standard InChI is InChI=1S/C24H22N2O3S/c1-17-8-12-19(13-9-17)16-25-23-24(30(27,28)21-6-4-3-5-7-21)26-22(29-23)20-14-10-18(2)11-15-20/h3-15,25H,16H2,1-2H3. The smallest absolute Gasteiger partial charge is 0.234 e. The molecule has 1 heterocycles. The van der Waals surface area contributed by atoms with Crippen LogP contribution in [0.25, 0.3) is 11.5 Å². The van der Waals surface area contributed by atoms with Crippen molar-refractivity contribution in [1.82, 2.24) is 4.98 Å². The molecule has 0 spiro atoms. The average molecular weight is 419 g/mol. The van der Waals surface area contributed by atoms with Gasteiger partial charge in [-0.15, -0.1) is 0 Å². The van der Waals surface area contributed by atoms with Crippen molar-refractivity contribution in [2.75, 3.05) is 5.32 Å². The van der Waals surface area contributed by atoms with Gasteiger partial charge in [0.05, 0.1) is 4.90 Å². The second-order valence-corrected chi connectivity index (χ2v) is 9.04. The number of aryl methyl sites for hydroxylation is 2. The van der Waals surface area contributed by atoms with E-state index in [9.17, 15) is 8.42 Å². The van der Waals surface area contributed by atoms with Crippen LogP contribution in [-0.2, 0) is 16.4 Å². The Labute approximate surface area is 176 Å². The quantitative estimate of drug-likeness (QED) is 0.454. The summed E-state index contributed by atoms with van der Waals surface area (Å²) < 4.78 is 32.4. The molecule has 4 rings (SSSR count). The lowest BCUT2D eigenvalue weighted by molar-refractivity contribution is 0.576. The summed E-state index contributed by atoms with van der Waals surface area (Å²) in [6.07, 6.45) is 0. The third-order valence-corrected chi connectivity index (χ3v) is 6.45. The minimum atomic E-state index is -3.84. The van der Waals surface area contributed by atoms with Gasteiger partial charge in [0, 0.05) is 12.1 Å². The Hall–Kier alpha value is -3.38. The number of nitrogens with zero attached hydrogens (tertiary/aromatic N) is 1. The van der Waals surface area contributed by atoms with Gasteiger partial charge in [-0.1, -0.05) is 65.7 Å². The lowest BCUT2D eigenvalue weighted by Gasteiger charge is -2.06. The molecule has 1 N–H and O–H groups in total. The van der Waals surface area contributed by atoms with Crippen molar-refractivity contribution in [3.05, 3.63) is 95.6 Å². The molecule has 6 heteroatoms. The topological polar surface area (TPSA) is 72.2 Å². The highest BCUT2D eigenvalue weighted by Crippen LogP contribution is 2.32. The Morgan fingerprint density at radius 3 is 2.07 bits per heavy atom. The van der Waals surface area contributed by atoms with E-state index in [0.29, 0.717) is 12.1 Å². The molecule has 0 atom stereocenters. The molecule has 0 aliphatic rings. The van der Waals surface area contributed by atoms with E-state index in [0.717, 1.165) is 16.7 Å². The zero-order valence-electron chi connectivity index (χ0n) is 16.8. The van der Waals surface area contributed by atoms with Gasteiger partial charge in [-0.2, -0.15) is 4.98 Å². The van der Waals surface area contributed by atoms with Crippen molar-refractivity contribution in [3.8, 4) is 11.5 Å². The molecule has 1 aromatic heterocycles. The lowest BCUT2D eigenvalue weighted by atomic mass is 10.1. The Bertz CT molecular complexity index is 1240. The molecular weight excluding hydrogens is 396 g/mol. The van der Waals surface area contributed by atoms with Gasteiger partial charge in [-0.3, -0.25) is 0 Å². The van der Waals surface area contributed by atoms with Crippen LogP contribution in [0.2, 0.25) is 0 Å². The fourth-order valence-electron chi connectivity index (χ4n) is 3.02. The summed E-state index contributed by atoms with van der Waals surface area (Å²) in [6, 6.07) is 23.9. The summed E-state index contributed by atoms with van der Waals surface area (Å²) in [5, 5.41) is 3.00. The van der Waals surface area contributed by atoms with Crippen molar-refractivity contribution in [3.63, 3.8) is 0 Å². The summed E-state index contributed by atoms with van der Waals surface area (Å²) >= 11 is 0. The van der Waals surface area contributed by atoms with Gasteiger partial charge in [0.2, 0.25) is 26.6 Å². The number of anilines is 1. The van der Waals surface area contributed by atoms with Crippen LogP contribution >= 0.6 is 0 Å². The van der Waals surface area contributed by atoms with E-state index in [-0.39, 0.29) is 21.7 Å². The third kappa shape index (κ3) is 4.14. The molecule has 0 amide bonds. The van der Waals surface area contributed by atoms with Gasteiger partial charge in [0.25, 0.3) is 0 Å². The predicted molar refractivity (Wildman–Crippen MR) is 117 cm³/mol. The number of oxazole rings is 1. The molecule has 0 unspecified atom stereocenters. The maximum absolute atomic E-state index is 13.2. The van der Waals surface area contributed by atoms with Crippen LogP contribution in [-0.4, -0.2) is 13.4 Å². The monoisotopic (exact) mass is 418 g/mol. The number of nitrogens with one attached hydrogen (secondary N) is 1. The van der Waals surface area contributed by atoms with Crippen LogP contribution in [0, 0.1) is 13.8 Å². The highest BCUT2D eigenvalue weighted by molar-refractivity contribution is 7.91. The number of benzene rings is 3. The van der Waals surface area contributed by atoms with Gasteiger partial charge in [-0.05, 0) is 43.7 Å². The van der Waals surface area contributed by atoms with Gasteiger partial charge in [-0.25, -0.2) is 8.42 Å². The lowest BCUT2D eigenvalue weighted by Crippen LogP contribution is -2.07. The molecule has 0 bridgehead atoms. The van der Waals surface area contributed by atoms with Crippen LogP contribution in [0.3, 0.4) is 0 Å². The van der Waals surface area contributed by atoms with Crippen LogP contribution in [0.15, 0.2) is 93.2 Å². The molecule has 152 valence electrons. The van der Waals surface area contributed by atoms with E-state index in [1.807, 2.05) is 62.4 Å². The first kappa shape index (κ1) is 19.9. The van der Waals surface area contributed by atoms with E-state index < -0.39 is 9.84 Å². The van der Waals surface area contributed by atoms with Crippen LogP contribution in [0.4, 0.5) is 5.88 Å². The number of aromatic nitrogens is 1. The maximum Gasteiger partial charge on any atom is 0.234 e. The SMILES string of the molecule is Cc1ccc(CNc2oc(-c3ccc(C)cc3)nc2S(=O)(=O)c2ccccc2)cc1. The van der Waals surface area contributed by atoms with E-state index in [1.54, 1.807) is 30.3 Å². The summed E-state index contributed by atoms with van der Waals surface area (Å²) in [7, 11) is -3.84. The van der Waals surface area contributed by atoms with Gasteiger partial charge in [0.15, 0.2) is 0 Å². The molecule has 0 fully saturated rings. The predicted octanol–water partition coefficient (Wildman–Crippen LogP) is 5.40. The zero-order chi connectivity index (χ0) is 21.1. The zero-order valence-corrected chi connectivity index (χ0v) is 17.6. The Kier molecular flexibility index (Phi) is 5.42. The summed E-state index contributed by atoms with van der Waals surface area (Å²) in [5.41, 5.74) is 3.98. The number of hydrogen-bond acceptors (Lipinski definition) is 5. The van der Waals surface area contributed by atoms with Crippen molar-refractivity contribution in [2.24, 2.45) is 0 Å². The normalized spacial score (nSPS) is 11.4. The van der Waals surface area contributed by atoms with Crippen LogP contribution in [0.5, 0.6) is 0 Å². The number of hydrogen-bond donors (Lipinski definition) is 1. The van der Waals surface area contributed by atoms with Crippen LogP contribution in [0.1, 0.15) is 16.7 Å². The highest BCUT2D eigenvalue weighted by Gasteiger charge is 2.28. The first-order chi connectivity index (χ1) is 14.4. The molecule has 5 nitrogen and oxygen atoms in total. The molecule has 0 aliphatic heterocycles. The maximum atomic E-state index is 13.2. The molecule has 0 saturated heterocycles. The Morgan fingerprint density at radius 2 is 1.43 bits per heavy atom. The molecule has 0 radical (unpaired) electrons.